The van der Waals surface area contributed by atoms with Gasteiger partial charge in [0.15, 0.2) is 11.9 Å². The summed E-state index contributed by atoms with van der Waals surface area (Å²) in [5.74, 6) is 0.138. The van der Waals surface area contributed by atoms with Crippen LogP contribution in [0.2, 0.25) is 0 Å². The molecule has 1 aromatic carbocycles. The molecule has 1 fully saturated rings. The molecule has 0 spiro atoms. The number of hydrogen-bond donors (Lipinski definition) is 3. The molecule has 2 atom stereocenters. The largest absolute Gasteiger partial charge is 0.483 e. The second kappa shape index (κ2) is 10.9. The molecule has 1 saturated heterocycles. The number of morpholine rings is 1. The van der Waals surface area contributed by atoms with E-state index in [4.69, 9.17) is 14.6 Å². The average molecular weight is 404 g/mol. The van der Waals surface area contributed by atoms with Crippen LogP contribution in [0.25, 0.3) is 0 Å². The first kappa shape index (κ1) is 22.0. The number of carbonyl (C=O) groups is 3. The third-order valence-corrected chi connectivity index (χ3v) is 4.25. The highest BCUT2D eigenvalue weighted by Crippen LogP contribution is 2.32. The van der Waals surface area contributed by atoms with E-state index < -0.39 is 12.1 Å². The van der Waals surface area contributed by atoms with Crippen LogP contribution in [0, 0.1) is 0 Å². The summed E-state index contributed by atoms with van der Waals surface area (Å²) in [6.07, 6.45) is -0.319. The van der Waals surface area contributed by atoms with Gasteiger partial charge in [-0.3, -0.25) is 14.4 Å². The van der Waals surface area contributed by atoms with Crippen molar-refractivity contribution >= 4 is 18.3 Å². The Labute approximate surface area is 167 Å². The molecule has 3 rings (SSSR count). The number of tetrazole rings is 1. The molecule has 0 unspecified atom stereocenters. The van der Waals surface area contributed by atoms with E-state index in [0.717, 1.165) is 5.56 Å². The van der Waals surface area contributed by atoms with Crippen LogP contribution in [0.5, 0.6) is 0 Å². The Morgan fingerprint density at radius 1 is 1.41 bits per heavy atom. The standard InChI is InChI=1S/C17H22N6O3.CH2O2/c1-11(2)23-14(24)10-26-16(15(23)12-6-4-3-5-7-12)17(25)18-9-8-13-19-21-22-20-13;2-1-3/h3-7,11,15-16H,8-10H2,1-2H3,(H,18,25)(H,19,20,21,22);1H,(H,2,3)/t15-,16+;/m1./s1. The molecule has 2 aromatic rings. The summed E-state index contributed by atoms with van der Waals surface area (Å²) in [5, 5.41) is 23.3. The minimum Gasteiger partial charge on any atom is -0.483 e. The Kier molecular flexibility index (Phi) is 8.22. The molecule has 3 N–H and O–H groups in total. The molecule has 156 valence electrons. The fraction of sp³-hybridized carbons (Fsp3) is 0.444. The molecule has 1 aliphatic heterocycles. The lowest BCUT2D eigenvalue weighted by atomic mass is 9.96. The zero-order chi connectivity index (χ0) is 21.2. The summed E-state index contributed by atoms with van der Waals surface area (Å²) < 4.78 is 5.63. The number of aromatic amines is 1. The predicted molar refractivity (Wildman–Crippen MR) is 100 cm³/mol. The fourth-order valence-electron chi connectivity index (χ4n) is 3.13. The number of hydrogen-bond acceptors (Lipinski definition) is 7. The minimum atomic E-state index is -0.775. The van der Waals surface area contributed by atoms with E-state index >= 15 is 0 Å². The smallest absolute Gasteiger partial charge is 0.290 e. The zero-order valence-corrected chi connectivity index (χ0v) is 16.2. The van der Waals surface area contributed by atoms with Crippen molar-refractivity contribution in [1.82, 2.24) is 30.8 Å². The van der Waals surface area contributed by atoms with Crippen molar-refractivity contribution in [2.75, 3.05) is 13.2 Å². The monoisotopic (exact) mass is 404 g/mol. The normalized spacial score (nSPS) is 18.7. The van der Waals surface area contributed by atoms with Crippen molar-refractivity contribution < 1.29 is 24.2 Å². The van der Waals surface area contributed by atoms with Gasteiger partial charge < -0.3 is 20.1 Å². The van der Waals surface area contributed by atoms with Crippen LogP contribution in [0.15, 0.2) is 30.3 Å². The third-order valence-electron chi connectivity index (χ3n) is 4.25. The second-order valence-electron chi connectivity index (χ2n) is 6.46. The highest BCUT2D eigenvalue weighted by atomic mass is 16.5. The number of nitrogens with zero attached hydrogens (tertiary/aromatic N) is 4. The molecular weight excluding hydrogens is 380 g/mol. The van der Waals surface area contributed by atoms with Crippen LogP contribution in [0.3, 0.4) is 0 Å². The summed E-state index contributed by atoms with van der Waals surface area (Å²) >= 11 is 0. The topological polar surface area (TPSA) is 150 Å². The maximum absolute atomic E-state index is 12.7. The summed E-state index contributed by atoms with van der Waals surface area (Å²) in [7, 11) is 0. The molecule has 2 amide bonds. The van der Waals surface area contributed by atoms with Gasteiger partial charge in [0.25, 0.3) is 12.4 Å². The fourth-order valence-corrected chi connectivity index (χ4v) is 3.13. The molecule has 1 aliphatic rings. The molecule has 0 saturated carbocycles. The van der Waals surface area contributed by atoms with E-state index in [1.807, 2.05) is 44.2 Å². The Morgan fingerprint density at radius 3 is 2.69 bits per heavy atom. The highest BCUT2D eigenvalue weighted by molar-refractivity contribution is 5.86. The highest BCUT2D eigenvalue weighted by Gasteiger charge is 2.42. The van der Waals surface area contributed by atoms with E-state index in [0.29, 0.717) is 18.8 Å². The number of carboxylic acid groups (broad SMARTS) is 1. The zero-order valence-electron chi connectivity index (χ0n) is 16.2. The molecule has 11 nitrogen and oxygen atoms in total. The van der Waals surface area contributed by atoms with Crippen LogP contribution in [0.4, 0.5) is 0 Å². The van der Waals surface area contributed by atoms with Crippen molar-refractivity contribution in [2.24, 2.45) is 0 Å². The number of H-pyrrole nitrogens is 1. The molecule has 2 heterocycles. The van der Waals surface area contributed by atoms with Crippen molar-refractivity contribution in [1.29, 1.82) is 0 Å². The van der Waals surface area contributed by atoms with Gasteiger partial charge in [0, 0.05) is 19.0 Å². The third kappa shape index (κ3) is 5.82. The molecule has 0 radical (unpaired) electrons. The second-order valence-corrected chi connectivity index (χ2v) is 6.46. The van der Waals surface area contributed by atoms with E-state index in [2.05, 4.69) is 25.9 Å². The van der Waals surface area contributed by atoms with Gasteiger partial charge in [0.1, 0.15) is 6.61 Å². The maximum atomic E-state index is 12.7. The van der Waals surface area contributed by atoms with Crippen molar-refractivity contribution in [3.63, 3.8) is 0 Å². The summed E-state index contributed by atoms with van der Waals surface area (Å²) in [5.41, 5.74) is 0.868. The Bertz CT molecular complexity index is 783. The van der Waals surface area contributed by atoms with Crippen LogP contribution < -0.4 is 5.32 Å². The lowest BCUT2D eigenvalue weighted by Gasteiger charge is -2.42. The molecule has 0 aliphatic carbocycles. The van der Waals surface area contributed by atoms with Crippen molar-refractivity contribution in [3.8, 4) is 0 Å². The Morgan fingerprint density at radius 2 is 2.10 bits per heavy atom. The van der Waals surface area contributed by atoms with E-state index in [1.165, 1.54) is 0 Å². The number of amides is 2. The number of nitrogens with one attached hydrogen (secondary N) is 2. The molecule has 29 heavy (non-hydrogen) atoms. The van der Waals surface area contributed by atoms with Crippen LogP contribution in [-0.2, 0) is 25.5 Å². The first-order valence-electron chi connectivity index (χ1n) is 9.05. The van der Waals surface area contributed by atoms with Gasteiger partial charge in [-0.05, 0) is 19.4 Å². The Hall–Kier alpha value is -3.34. The molecule has 11 heteroatoms. The van der Waals surface area contributed by atoms with Gasteiger partial charge in [-0.15, -0.1) is 10.2 Å². The first-order chi connectivity index (χ1) is 14.0. The van der Waals surface area contributed by atoms with Gasteiger partial charge in [-0.2, -0.15) is 5.21 Å². The number of aromatic nitrogens is 4. The summed E-state index contributed by atoms with van der Waals surface area (Å²) in [4.78, 5) is 35.2. The Balaban J connectivity index is 0.000000941. The van der Waals surface area contributed by atoms with Gasteiger partial charge >= 0.3 is 0 Å². The molecule has 1 aromatic heterocycles. The van der Waals surface area contributed by atoms with Gasteiger partial charge in [-0.1, -0.05) is 35.5 Å². The number of benzene rings is 1. The van der Waals surface area contributed by atoms with E-state index in [-0.39, 0.29) is 30.9 Å². The van der Waals surface area contributed by atoms with E-state index in [9.17, 15) is 9.59 Å². The molecular formula is C18H24N6O5. The number of ether oxygens (including phenoxy) is 1. The minimum absolute atomic E-state index is 0.0498. The number of carbonyl (C=O) groups excluding carboxylic acids is 2. The van der Waals surface area contributed by atoms with E-state index in [1.54, 1.807) is 4.90 Å². The van der Waals surface area contributed by atoms with Gasteiger partial charge in [0.05, 0.1) is 6.04 Å². The average Bonchev–Trinajstić information content (AvgIpc) is 3.22. The quantitative estimate of drug-likeness (QED) is 0.567. The van der Waals surface area contributed by atoms with Crippen LogP contribution >= 0.6 is 0 Å². The van der Waals surface area contributed by atoms with Gasteiger partial charge in [-0.25, -0.2) is 0 Å². The number of rotatable bonds is 6. The van der Waals surface area contributed by atoms with Crippen molar-refractivity contribution in [3.05, 3.63) is 41.7 Å². The van der Waals surface area contributed by atoms with Crippen LogP contribution in [0.1, 0.15) is 31.3 Å². The molecule has 0 bridgehead atoms. The van der Waals surface area contributed by atoms with Crippen molar-refractivity contribution in [2.45, 2.75) is 38.5 Å². The first-order valence-corrected chi connectivity index (χ1v) is 9.05. The SMILES string of the molecule is CC(C)N1C(=O)CO[C@H](C(=O)NCCc2nn[nH]n2)[C@H]1c1ccccc1.O=CO. The summed E-state index contributed by atoms with van der Waals surface area (Å²) in [6.45, 7) is 3.87. The predicted octanol–water partition coefficient (Wildman–Crippen LogP) is -0.0637. The lowest BCUT2D eigenvalue weighted by Crippen LogP contribution is -2.56. The van der Waals surface area contributed by atoms with Gasteiger partial charge in [0.2, 0.25) is 5.91 Å². The van der Waals surface area contributed by atoms with Crippen LogP contribution in [-0.4, -0.2) is 74.2 Å². The lowest BCUT2D eigenvalue weighted by molar-refractivity contribution is -0.167. The maximum Gasteiger partial charge on any atom is 0.290 e. The summed E-state index contributed by atoms with van der Waals surface area (Å²) in [6, 6.07) is 8.96.